The maximum absolute atomic E-state index is 12.9. The Labute approximate surface area is 121 Å². The van der Waals surface area contributed by atoms with Crippen LogP contribution in [0.5, 0.6) is 0 Å². The summed E-state index contributed by atoms with van der Waals surface area (Å²) < 4.78 is 39.2. The third kappa shape index (κ3) is 3.68. The number of rotatable bonds is 6. The number of carboxylic acid groups (broad SMARTS) is 1. The average molecular weight is 324 g/mol. The monoisotopic (exact) mass is 323 g/mol. The molecule has 0 saturated heterocycles. The zero-order valence-electron chi connectivity index (χ0n) is 11.0. The molecule has 8 heteroatoms. The van der Waals surface area contributed by atoms with Gasteiger partial charge in [0.15, 0.2) is 0 Å². The van der Waals surface area contributed by atoms with Gasteiger partial charge in [-0.2, -0.15) is 0 Å². The van der Waals surface area contributed by atoms with E-state index in [0.29, 0.717) is 0 Å². The van der Waals surface area contributed by atoms with Crippen molar-refractivity contribution in [2.75, 3.05) is 6.54 Å². The number of sulfonamides is 1. The van der Waals surface area contributed by atoms with Crippen LogP contribution in [0.4, 0.5) is 4.39 Å². The van der Waals surface area contributed by atoms with Crippen LogP contribution < -0.4 is 4.72 Å². The maximum Gasteiger partial charge on any atom is 0.310 e. The summed E-state index contributed by atoms with van der Waals surface area (Å²) in [4.78, 5) is 10.8. The molecule has 1 atom stereocenters. The van der Waals surface area contributed by atoms with E-state index in [1.807, 2.05) is 0 Å². The first-order valence-electron chi connectivity index (χ1n) is 5.80. The molecule has 1 rings (SSSR count). The Morgan fingerprint density at radius 3 is 2.55 bits per heavy atom. The molecule has 2 N–H and O–H groups in total. The van der Waals surface area contributed by atoms with E-state index in [1.54, 1.807) is 6.92 Å². The van der Waals surface area contributed by atoms with Crippen LogP contribution in [0.3, 0.4) is 0 Å². The van der Waals surface area contributed by atoms with Crippen LogP contribution in [0, 0.1) is 11.2 Å². The van der Waals surface area contributed by atoms with Gasteiger partial charge in [0.05, 0.1) is 10.4 Å². The molecule has 1 aromatic carbocycles. The van der Waals surface area contributed by atoms with Crippen molar-refractivity contribution >= 4 is 27.6 Å². The molecule has 0 aliphatic rings. The Bertz CT molecular complexity index is 620. The first-order chi connectivity index (χ1) is 9.12. The summed E-state index contributed by atoms with van der Waals surface area (Å²) in [6.07, 6.45) is 0.252. The van der Waals surface area contributed by atoms with Crippen LogP contribution >= 0.6 is 11.6 Å². The summed E-state index contributed by atoms with van der Waals surface area (Å²) in [6.45, 7) is 2.80. The molecule has 0 saturated carbocycles. The molecule has 0 amide bonds. The van der Waals surface area contributed by atoms with E-state index in [-0.39, 0.29) is 22.9 Å². The predicted octanol–water partition coefficient (Wildman–Crippen LogP) is 2.26. The largest absolute Gasteiger partial charge is 0.481 e. The molecule has 0 aromatic heterocycles. The summed E-state index contributed by atoms with van der Waals surface area (Å²) in [5, 5.41) is 8.82. The summed E-state index contributed by atoms with van der Waals surface area (Å²) in [5.41, 5.74) is -1.22. The standard InChI is InChI=1S/C12H15ClFNO4S/c1-3-12(2,11(16)17)7-15-20(18,19)10-5-4-8(14)6-9(10)13/h4-6,15H,3,7H2,1-2H3,(H,16,17). The normalized spacial score (nSPS) is 14.8. The van der Waals surface area contributed by atoms with Gasteiger partial charge in [-0.15, -0.1) is 0 Å². The van der Waals surface area contributed by atoms with Crippen molar-refractivity contribution in [2.24, 2.45) is 5.41 Å². The van der Waals surface area contributed by atoms with Crippen LogP contribution in [-0.4, -0.2) is 26.0 Å². The third-order valence-electron chi connectivity index (χ3n) is 3.13. The van der Waals surface area contributed by atoms with Gasteiger partial charge in [0.2, 0.25) is 10.0 Å². The van der Waals surface area contributed by atoms with Gasteiger partial charge in [-0.05, 0) is 31.5 Å². The lowest BCUT2D eigenvalue weighted by Gasteiger charge is -2.23. The van der Waals surface area contributed by atoms with Gasteiger partial charge in [0.25, 0.3) is 0 Å². The molecular formula is C12H15ClFNO4S. The van der Waals surface area contributed by atoms with E-state index < -0.39 is 27.2 Å². The molecule has 0 radical (unpaired) electrons. The molecule has 0 bridgehead atoms. The topological polar surface area (TPSA) is 83.5 Å². The fraction of sp³-hybridized carbons (Fsp3) is 0.417. The van der Waals surface area contributed by atoms with Gasteiger partial charge in [-0.3, -0.25) is 4.79 Å². The molecular weight excluding hydrogens is 309 g/mol. The molecule has 5 nitrogen and oxygen atoms in total. The molecule has 0 heterocycles. The molecule has 0 aliphatic heterocycles. The number of benzene rings is 1. The number of carbonyl (C=O) groups is 1. The number of hydrogen-bond acceptors (Lipinski definition) is 3. The van der Waals surface area contributed by atoms with Crippen LogP contribution in [0.15, 0.2) is 23.1 Å². The highest BCUT2D eigenvalue weighted by molar-refractivity contribution is 7.89. The zero-order chi connectivity index (χ0) is 15.6. The minimum Gasteiger partial charge on any atom is -0.481 e. The highest BCUT2D eigenvalue weighted by atomic mass is 35.5. The average Bonchev–Trinajstić information content (AvgIpc) is 2.35. The third-order valence-corrected chi connectivity index (χ3v) is 5.02. The van der Waals surface area contributed by atoms with E-state index >= 15 is 0 Å². The Hall–Kier alpha value is -1.18. The number of halogens is 2. The summed E-state index contributed by atoms with van der Waals surface area (Å²) in [5.74, 6) is -1.76. The minimum absolute atomic E-state index is 0.252. The Morgan fingerprint density at radius 1 is 1.50 bits per heavy atom. The summed E-state index contributed by atoms with van der Waals surface area (Å²) in [6, 6.07) is 2.88. The van der Waals surface area contributed by atoms with E-state index in [0.717, 1.165) is 18.2 Å². The molecule has 1 unspecified atom stereocenters. The molecule has 0 fully saturated rings. The second kappa shape index (κ2) is 6.07. The lowest BCUT2D eigenvalue weighted by atomic mass is 9.88. The van der Waals surface area contributed by atoms with Gasteiger partial charge in [0, 0.05) is 6.54 Å². The highest BCUT2D eigenvalue weighted by Gasteiger charge is 2.33. The van der Waals surface area contributed by atoms with Crippen LogP contribution in [0.25, 0.3) is 0 Å². The van der Waals surface area contributed by atoms with Crippen LogP contribution in [0.2, 0.25) is 5.02 Å². The first-order valence-corrected chi connectivity index (χ1v) is 7.66. The van der Waals surface area contributed by atoms with Gasteiger partial charge in [-0.25, -0.2) is 17.5 Å². The quantitative estimate of drug-likeness (QED) is 0.841. The predicted molar refractivity (Wildman–Crippen MR) is 72.6 cm³/mol. The Balaban J connectivity index is 2.99. The van der Waals surface area contributed by atoms with Crippen molar-refractivity contribution in [3.63, 3.8) is 0 Å². The summed E-state index contributed by atoms with van der Waals surface area (Å²) in [7, 11) is -4.00. The number of aliphatic carboxylic acids is 1. The molecule has 0 spiro atoms. The van der Waals surface area contributed by atoms with Crippen LogP contribution in [-0.2, 0) is 14.8 Å². The second-order valence-electron chi connectivity index (χ2n) is 4.62. The molecule has 1 aromatic rings. The van der Waals surface area contributed by atoms with Crippen molar-refractivity contribution in [1.29, 1.82) is 0 Å². The molecule has 20 heavy (non-hydrogen) atoms. The lowest BCUT2D eigenvalue weighted by molar-refractivity contribution is -0.147. The van der Waals surface area contributed by atoms with Crippen molar-refractivity contribution in [3.8, 4) is 0 Å². The van der Waals surface area contributed by atoms with E-state index in [4.69, 9.17) is 16.7 Å². The summed E-state index contributed by atoms with van der Waals surface area (Å²) >= 11 is 5.68. The van der Waals surface area contributed by atoms with Crippen molar-refractivity contribution < 1.29 is 22.7 Å². The van der Waals surface area contributed by atoms with Crippen molar-refractivity contribution in [3.05, 3.63) is 29.0 Å². The minimum atomic E-state index is -4.00. The van der Waals surface area contributed by atoms with Crippen LogP contribution in [0.1, 0.15) is 20.3 Å². The van der Waals surface area contributed by atoms with Crippen molar-refractivity contribution in [2.45, 2.75) is 25.2 Å². The van der Waals surface area contributed by atoms with Gasteiger partial charge < -0.3 is 5.11 Å². The Morgan fingerprint density at radius 2 is 2.10 bits per heavy atom. The SMILES string of the molecule is CCC(C)(CNS(=O)(=O)c1ccc(F)cc1Cl)C(=O)O. The van der Waals surface area contributed by atoms with Gasteiger partial charge in [0.1, 0.15) is 10.7 Å². The fourth-order valence-electron chi connectivity index (χ4n) is 1.38. The Kier molecular flexibility index (Phi) is 5.12. The lowest BCUT2D eigenvalue weighted by Crippen LogP contribution is -2.40. The van der Waals surface area contributed by atoms with E-state index in [9.17, 15) is 17.6 Å². The van der Waals surface area contributed by atoms with Crippen molar-refractivity contribution in [1.82, 2.24) is 4.72 Å². The maximum atomic E-state index is 12.9. The van der Waals surface area contributed by atoms with Gasteiger partial charge >= 0.3 is 5.97 Å². The van der Waals surface area contributed by atoms with E-state index in [2.05, 4.69) is 4.72 Å². The fourth-order valence-corrected chi connectivity index (χ4v) is 3.08. The zero-order valence-corrected chi connectivity index (χ0v) is 12.6. The number of carboxylic acids is 1. The number of nitrogens with one attached hydrogen (secondary N) is 1. The molecule has 112 valence electrons. The number of hydrogen-bond donors (Lipinski definition) is 2. The van der Waals surface area contributed by atoms with Gasteiger partial charge in [-0.1, -0.05) is 18.5 Å². The highest BCUT2D eigenvalue weighted by Crippen LogP contribution is 2.24. The first kappa shape index (κ1) is 16.9. The van der Waals surface area contributed by atoms with E-state index in [1.165, 1.54) is 6.92 Å². The smallest absolute Gasteiger partial charge is 0.310 e. The second-order valence-corrected chi connectivity index (χ2v) is 6.76. The molecule has 0 aliphatic carbocycles.